The quantitative estimate of drug-likeness (QED) is 0.530. The highest BCUT2D eigenvalue weighted by molar-refractivity contribution is 5.91. The van der Waals surface area contributed by atoms with Gasteiger partial charge in [0.2, 0.25) is 0 Å². The van der Waals surface area contributed by atoms with Crippen LogP contribution in [-0.4, -0.2) is 17.4 Å². The molecule has 0 bridgehead atoms. The minimum Gasteiger partial charge on any atom is -0.454 e. The highest BCUT2D eigenvalue weighted by Gasteiger charge is 2.63. The van der Waals surface area contributed by atoms with E-state index in [9.17, 15) is 9.59 Å². The molecule has 0 heterocycles. The number of allylic oxidation sites excluding steroid dienone is 1. The monoisotopic (exact) mass is 354 g/mol. The second-order valence-corrected chi connectivity index (χ2v) is 9.13. The maximum Gasteiger partial charge on any atom is 0.303 e. The van der Waals surface area contributed by atoms with Crippen LogP contribution in [0, 0.1) is 29.1 Å². The van der Waals surface area contributed by atoms with Crippen LogP contribution in [0.4, 0.5) is 0 Å². The van der Waals surface area contributed by atoms with Gasteiger partial charge in [0.05, 0.1) is 0 Å². The third kappa shape index (κ3) is 2.47. The smallest absolute Gasteiger partial charge is 0.303 e. The second kappa shape index (κ2) is 6.23. The summed E-state index contributed by atoms with van der Waals surface area (Å²) in [6, 6.07) is 0. The van der Waals surface area contributed by atoms with E-state index in [2.05, 4.69) is 19.2 Å². The van der Waals surface area contributed by atoms with Gasteiger partial charge in [0, 0.05) is 24.8 Å². The second-order valence-electron chi connectivity index (χ2n) is 9.13. The Hall–Kier alpha value is -1.60. The molecule has 3 nitrogen and oxygen atoms in total. The Morgan fingerprint density at radius 1 is 1.23 bits per heavy atom. The lowest BCUT2D eigenvalue weighted by molar-refractivity contribution is -0.169. The standard InChI is InChI=1S/C23H30O3/c1-4-11-23(26-15(2)24)13-10-21-20-7-5-16-14-17(25)6-8-18(16)19(20)9-12-22(21,23)3/h11,14,18-21H,1,5-10,12-13H2,2-3H3/t18-,19+,20+,21-,22-,23-/m0/s1. The van der Waals surface area contributed by atoms with Crippen LogP contribution >= 0.6 is 0 Å². The van der Waals surface area contributed by atoms with E-state index in [4.69, 9.17) is 4.74 Å². The van der Waals surface area contributed by atoms with Crippen LogP contribution in [0.1, 0.15) is 65.2 Å². The van der Waals surface area contributed by atoms with E-state index in [0.29, 0.717) is 29.5 Å². The van der Waals surface area contributed by atoms with Crippen molar-refractivity contribution in [2.75, 3.05) is 0 Å². The summed E-state index contributed by atoms with van der Waals surface area (Å²) in [5.41, 5.74) is 3.78. The van der Waals surface area contributed by atoms with E-state index in [-0.39, 0.29) is 11.4 Å². The Labute approximate surface area is 156 Å². The fourth-order valence-corrected chi connectivity index (χ4v) is 7.07. The maximum atomic E-state index is 11.9. The molecular weight excluding hydrogens is 324 g/mol. The number of carbonyl (C=O) groups is 2. The van der Waals surface area contributed by atoms with Crippen LogP contribution in [-0.2, 0) is 14.3 Å². The third-order valence-corrected chi connectivity index (χ3v) is 8.14. The first-order chi connectivity index (χ1) is 12.4. The molecule has 0 radical (unpaired) electrons. The number of hydrogen-bond donors (Lipinski definition) is 0. The van der Waals surface area contributed by atoms with Gasteiger partial charge in [-0.1, -0.05) is 19.1 Å². The predicted octanol–water partition coefficient (Wildman–Crippen LogP) is 4.77. The molecule has 4 aliphatic rings. The van der Waals surface area contributed by atoms with Crippen LogP contribution in [0.25, 0.3) is 0 Å². The molecule has 3 saturated carbocycles. The number of esters is 1. The average molecular weight is 354 g/mol. The minimum atomic E-state index is -0.547. The van der Waals surface area contributed by atoms with E-state index in [1.807, 2.05) is 12.2 Å². The SMILES string of the molecule is C=C=C[C@]1(OC(C)=O)CC[C@H]2[C@@H]3CCC4=CC(=O)CC[C@@H]4[C@H]3CC[C@@]21C. The first-order valence-corrected chi connectivity index (χ1v) is 10.2. The summed E-state index contributed by atoms with van der Waals surface area (Å²) in [5, 5.41) is 0. The van der Waals surface area contributed by atoms with Crippen LogP contribution in [0.15, 0.2) is 30.0 Å². The number of rotatable bonds is 2. The first kappa shape index (κ1) is 17.8. The van der Waals surface area contributed by atoms with Gasteiger partial charge in [-0.25, -0.2) is 0 Å². The molecule has 0 aromatic heterocycles. The summed E-state index contributed by atoms with van der Waals surface area (Å²) in [5.74, 6) is 2.67. The summed E-state index contributed by atoms with van der Waals surface area (Å²) >= 11 is 0. The Morgan fingerprint density at radius 2 is 2.04 bits per heavy atom. The number of carbonyl (C=O) groups excluding carboxylic acids is 2. The molecule has 0 aliphatic heterocycles. The van der Waals surface area contributed by atoms with Gasteiger partial charge in [-0.05, 0) is 74.7 Å². The van der Waals surface area contributed by atoms with Crippen molar-refractivity contribution in [3.63, 3.8) is 0 Å². The molecule has 3 fully saturated rings. The predicted molar refractivity (Wildman–Crippen MR) is 100 cm³/mol. The van der Waals surface area contributed by atoms with Gasteiger partial charge >= 0.3 is 5.97 Å². The topological polar surface area (TPSA) is 43.4 Å². The molecule has 0 aromatic carbocycles. The molecule has 0 N–H and O–H groups in total. The number of ketones is 1. The summed E-state index contributed by atoms with van der Waals surface area (Å²) in [6.45, 7) is 7.61. The Balaban J connectivity index is 1.66. The highest BCUT2D eigenvalue weighted by atomic mass is 16.6. The van der Waals surface area contributed by atoms with Crippen molar-refractivity contribution < 1.29 is 14.3 Å². The Morgan fingerprint density at radius 3 is 2.77 bits per heavy atom. The molecule has 3 heteroatoms. The molecular formula is C23H30O3. The van der Waals surface area contributed by atoms with Crippen LogP contribution in [0.2, 0.25) is 0 Å². The Kier molecular flexibility index (Phi) is 4.27. The number of ether oxygens (including phenoxy) is 1. The maximum absolute atomic E-state index is 11.9. The van der Waals surface area contributed by atoms with Gasteiger partial charge in [-0.2, -0.15) is 0 Å². The molecule has 4 rings (SSSR count). The van der Waals surface area contributed by atoms with Crippen molar-refractivity contribution >= 4 is 11.8 Å². The fraction of sp³-hybridized carbons (Fsp3) is 0.696. The molecule has 26 heavy (non-hydrogen) atoms. The zero-order chi connectivity index (χ0) is 18.5. The van der Waals surface area contributed by atoms with Crippen molar-refractivity contribution in [2.45, 2.75) is 70.8 Å². The van der Waals surface area contributed by atoms with E-state index in [1.54, 1.807) is 0 Å². The lowest BCUT2D eigenvalue weighted by atomic mass is 9.50. The molecule has 6 atom stereocenters. The normalized spacial score (nSPS) is 44.1. The molecule has 0 amide bonds. The lowest BCUT2D eigenvalue weighted by Gasteiger charge is -2.55. The summed E-state index contributed by atoms with van der Waals surface area (Å²) in [7, 11) is 0. The number of fused-ring (bicyclic) bond motifs is 5. The van der Waals surface area contributed by atoms with E-state index >= 15 is 0 Å². The van der Waals surface area contributed by atoms with Gasteiger partial charge < -0.3 is 4.74 Å². The average Bonchev–Trinajstić information content (AvgIpc) is 2.86. The zero-order valence-corrected chi connectivity index (χ0v) is 16.1. The van der Waals surface area contributed by atoms with Crippen molar-refractivity contribution in [2.24, 2.45) is 29.1 Å². The van der Waals surface area contributed by atoms with E-state index in [1.165, 1.54) is 25.3 Å². The van der Waals surface area contributed by atoms with E-state index < -0.39 is 5.60 Å². The summed E-state index contributed by atoms with van der Waals surface area (Å²) in [6.07, 6.45) is 12.1. The summed E-state index contributed by atoms with van der Waals surface area (Å²) < 4.78 is 5.96. The van der Waals surface area contributed by atoms with Crippen molar-refractivity contribution in [3.8, 4) is 0 Å². The largest absolute Gasteiger partial charge is 0.454 e. The first-order valence-electron chi connectivity index (χ1n) is 10.2. The van der Waals surface area contributed by atoms with Gasteiger partial charge in [-0.3, -0.25) is 9.59 Å². The molecule has 0 unspecified atom stereocenters. The molecule has 0 saturated heterocycles. The van der Waals surface area contributed by atoms with Gasteiger partial charge in [0.15, 0.2) is 5.78 Å². The van der Waals surface area contributed by atoms with Crippen LogP contribution in [0.3, 0.4) is 0 Å². The van der Waals surface area contributed by atoms with Crippen molar-refractivity contribution in [3.05, 3.63) is 30.0 Å². The number of hydrogen-bond acceptors (Lipinski definition) is 3. The molecule has 140 valence electrons. The zero-order valence-electron chi connectivity index (χ0n) is 16.1. The van der Waals surface area contributed by atoms with Gasteiger partial charge in [0.25, 0.3) is 0 Å². The van der Waals surface area contributed by atoms with Crippen molar-refractivity contribution in [1.29, 1.82) is 0 Å². The van der Waals surface area contributed by atoms with Crippen LogP contribution < -0.4 is 0 Å². The van der Waals surface area contributed by atoms with Gasteiger partial charge in [-0.15, -0.1) is 5.73 Å². The lowest BCUT2D eigenvalue weighted by Crippen LogP contribution is -2.53. The fourth-order valence-electron chi connectivity index (χ4n) is 7.07. The van der Waals surface area contributed by atoms with E-state index in [0.717, 1.165) is 38.5 Å². The molecule has 4 aliphatic carbocycles. The molecule has 0 aromatic rings. The van der Waals surface area contributed by atoms with Crippen molar-refractivity contribution in [1.82, 2.24) is 0 Å². The van der Waals surface area contributed by atoms with Gasteiger partial charge in [0.1, 0.15) is 5.60 Å². The molecule has 0 spiro atoms. The van der Waals surface area contributed by atoms with Crippen LogP contribution in [0.5, 0.6) is 0 Å². The third-order valence-electron chi connectivity index (χ3n) is 8.14. The minimum absolute atomic E-state index is 0.0315. The summed E-state index contributed by atoms with van der Waals surface area (Å²) in [4.78, 5) is 23.7. The Bertz CT molecular complexity index is 713. The highest BCUT2D eigenvalue weighted by Crippen LogP contribution is 2.66.